The van der Waals surface area contributed by atoms with Crippen LogP contribution < -0.4 is 11.1 Å². The molecule has 6 heterocycles. The number of anilines is 2. The van der Waals surface area contributed by atoms with Crippen molar-refractivity contribution in [2.75, 3.05) is 17.7 Å². The maximum atomic E-state index is 12.4. The Hall–Kier alpha value is -5.29. The summed E-state index contributed by atoms with van der Waals surface area (Å²) in [5.41, 5.74) is 9.70. The molecule has 0 atom stereocenters. The van der Waals surface area contributed by atoms with E-state index in [1.807, 2.05) is 42.5 Å². The molecule has 2 aromatic carbocycles. The van der Waals surface area contributed by atoms with Gasteiger partial charge in [-0.3, -0.25) is 24.1 Å². The average Bonchev–Trinajstić information content (AvgIpc) is 4.11. The van der Waals surface area contributed by atoms with Gasteiger partial charge in [0.2, 0.25) is 10.0 Å². The minimum absolute atomic E-state index is 0. The number of carbonyl (C=O) groups excluding carboxylic acids is 2. The van der Waals surface area contributed by atoms with Crippen LogP contribution in [0.25, 0.3) is 21.4 Å². The number of pyridine rings is 2. The lowest BCUT2D eigenvalue weighted by Crippen LogP contribution is -2.11. The summed E-state index contributed by atoms with van der Waals surface area (Å²) < 4.78 is 8.16. The molecular weight excluding hydrogens is 953 g/mol. The molecule has 6 aromatic heterocycles. The molecule has 0 spiro atoms. The first-order chi connectivity index (χ1) is 30.3. The van der Waals surface area contributed by atoms with Gasteiger partial charge in [-0.1, -0.05) is 101 Å². The molecule has 8 rings (SSSR count). The molecule has 0 bridgehead atoms. The zero-order chi connectivity index (χ0) is 45.3. The van der Waals surface area contributed by atoms with E-state index in [0.29, 0.717) is 72.6 Å². The second kappa shape index (κ2) is 25.9. The van der Waals surface area contributed by atoms with Crippen molar-refractivity contribution >= 4 is 106 Å². The number of amides is 1. The average molecular weight is 997 g/mol. The Morgan fingerprint density at radius 2 is 1.16 bits per heavy atom. The number of nitrogen functional groups attached to an aromatic ring is 1. The van der Waals surface area contributed by atoms with Crippen LogP contribution in [0.5, 0.6) is 0 Å². The minimum Gasteiger partial charge on any atom is -0.461 e. The molecule has 0 aliphatic carbocycles. The minimum atomic E-state index is -0.442. The van der Waals surface area contributed by atoms with Crippen molar-refractivity contribution in [2.45, 2.75) is 44.8 Å². The molecule has 0 aliphatic heterocycles. The van der Waals surface area contributed by atoms with Crippen LogP contribution in [0.3, 0.4) is 0 Å². The van der Waals surface area contributed by atoms with Crippen molar-refractivity contribution in [3.63, 3.8) is 0 Å². The van der Waals surface area contributed by atoms with Gasteiger partial charge in [-0.2, -0.15) is 10.2 Å². The first kappa shape index (κ1) is 51.3. The van der Waals surface area contributed by atoms with E-state index >= 15 is 0 Å². The number of carbonyl (C=O) groups is 2. The third-order valence-corrected chi connectivity index (χ3v) is 10.9. The summed E-state index contributed by atoms with van der Waals surface area (Å²) in [6, 6.07) is 21.7. The molecule has 8 aromatic rings. The van der Waals surface area contributed by atoms with Crippen LogP contribution in [0.1, 0.15) is 45.1 Å². The summed E-state index contributed by atoms with van der Waals surface area (Å²) in [6.07, 6.45) is 9.89. The highest BCUT2D eigenvalue weighted by atomic mass is 35.5. The number of ether oxygens (including phenoxy) is 1. The number of benzene rings is 2. The summed E-state index contributed by atoms with van der Waals surface area (Å²) in [5, 5.41) is 30.8. The SMILES string of the molecule is C.CCOC(=O)c1nnc(-c2ccccn2)s1.Nc1cnn(Cc2c(Cl)cccc2Cl)c1.O=C(Nc1cnn(Cc2c(Cl)cccc2Cl)c1)c1nnc(-c2ccccn2)s1.[CH3][Al]([CH3])[CH3]. The first-order valence-electron chi connectivity index (χ1n) is 19.0. The molecule has 0 fully saturated rings. The molecule has 0 saturated heterocycles. The Bertz CT molecular complexity index is 2660. The Morgan fingerprint density at radius 3 is 1.61 bits per heavy atom. The van der Waals surface area contributed by atoms with Gasteiger partial charge < -0.3 is 15.8 Å². The second-order valence-corrected chi connectivity index (χ2v) is 20.5. The number of hydrogen-bond donors (Lipinski definition) is 2. The molecule has 1 amide bonds. The van der Waals surface area contributed by atoms with E-state index < -0.39 is 5.97 Å². The molecule has 0 radical (unpaired) electrons. The smallest absolute Gasteiger partial charge is 0.369 e. The Kier molecular flexibility index (Phi) is 20.8. The molecule has 0 aliphatic rings. The number of nitrogens with two attached hydrogens (primary N) is 1. The quantitative estimate of drug-likeness (QED) is 0.0974. The van der Waals surface area contributed by atoms with E-state index in [-0.39, 0.29) is 37.5 Å². The lowest BCUT2D eigenvalue weighted by Gasteiger charge is -2.06. The summed E-state index contributed by atoms with van der Waals surface area (Å²) in [5.74, 6) is 6.11. The third kappa shape index (κ3) is 15.8. The van der Waals surface area contributed by atoms with E-state index in [1.54, 1.807) is 83.8 Å². The number of hydrogen-bond acceptors (Lipinski definition) is 14. The summed E-state index contributed by atoms with van der Waals surface area (Å²) >= 11 is 26.6. The van der Waals surface area contributed by atoms with Gasteiger partial charge in [-0.25, -0.2) is 4.79 Å². The Labute approximate surface area is 403 Å². The fourth-order valence-corrected chi connectivity index (χ4v) is 7.32. The number of aromatic nitrogens is 10. The molecule has 0 saturated carbocycles. The predicted molar refractivity (Wildman–Crippen MR) is 260 cm³/mol. The number of rotatable bonds is 10. The van der Waals surface area contributed by atoms with Gasteiger partial charge in [-0.15, -0.1) is 37.8 Å². The highest BCUT2D eigenvalue weighted by molar-refractivity contribution is 7.16. The molecule has 332 valence electrons. The second-order valence-electron chi connectivity index (χ2n) is 13.5. The monoisotopic (exact) mass is 994 g/mol. The fourth-order valence-electron chi connectivity index (χ4n) is 4.86. The highest BCUT2D eigenvalue weighted by Gasteiger charge is 2.17. The molecule has 0 unspecified atom stereocenters. The van der Waals surface area contributed by atoms with Crippen LogP contribution in [0, 0.1) is 0 Å². The topological polar surface area (TPSA) is 194 Å². The van der Waals surface area contributed by atoms with Gasteiger partial charge in [-0.05, 0) is 55.5 Å². The zero-order valence-electron chi connectivity index (χ0n) is 34.2. The lowest BCUT2D eigenvalue weighted by atomic mass is 10.2. The molecule has 22 heteroatoms. The standard InChI is InChI=1S/C18H12Cl2N6OS.C10H9Cl2N3.C10H9N3O2S.CH4.3CH3.Al/c19-13-4-3-5-14(20)12(13)10-26-9-11(8-22-26)23-16(27)18-25-24-17(28-18)15-6-1-2-7-21-15;11-9-2-1-3-10(12)8(9)6-15-5-7(13)4-14-15;1-2-15-10(14)9-13-12-8(16-9)7-5-3-4-6-11-7;;;;;/h1-9H,10H2,(H,23,27);1-5H,6,13H2;3-6H,2H2,1H3;1H4;3*1H3;. The molecule has 15 nitrogen and oxygen atoms in total. The maximum absolute atomic E-state index is 12.4. The predicted octanol–water partition coefficient (Wildman–Crippen LogP) is 11.0. The summed E-state index contributed by atoms with van der Waals surface area (Å²) in [6.45, 7) is 2.99. The van der Waals surface area contributed by atoms with Crippen LogP contribution in [0.2, 0.25) is 37.4 Å². The van der Waals surface area contributed by atoms with E-state index in [1.165, 1.54) is 22.7 Å². The van der Waals surface area contributed by atoms with Crippen molar-refractivity contribution in [3.8, 4) is 21.4 Å². The van der Waals surface area contributed by atoms with Gasteiger partial charge in [0.25, 0.3) is 20.1 Å². The third-order valence-electron chi connectivity index (χ3n) is 7.57. The van der Waals surface area contributed by atoms with Crippen LogP contribution >= 0.6 is 69.1 Å². The van der Waals surface area contributed by atoms with Crippen LogP contribution in [0.15, 0.2) is 110 Å². The zero-order valence-corrected chi connectivity index (χ0v) is 40.0. The van der Waals surface area contributed by atoms with Crippen molar-refractivity contribution in [1.29, 1.82) is 0 Å². The Morgan fingerprint density at radius 1 is 0.688 bits per heavy atom. The van der Waals surface area contributed by atoms with Gasteiger partial charge in [0.15, 0.2) is 10.0 Å². The highest BCUT2D eigenvalue weighted by Crippen LogP contribution is 2.27. The summed E-state index contributed by atoms with van der Waals surface area (Å²) in [4.78, 5) is 32.1. The molecule has 64 heavy (non-hydrogen) atoms. The van der Waals surface area contributed by atoms with Crippen molar-refractivity contribution in [3.05, 3.63) is 151 Å². The number of nitrogens with zero attached hydrogens (tertiary/aromatic N) is 10. The van der Waals surface area contributed by atoms with Crippen molar-refractivity contribution in [1.82, 2.24) is 49.9 Å². The normalized spacial score (nSPS) is 10.1. The van der Waals surface area contributed by atoms with Crippen molar-refractivity contribution in [2.24, 2.45) is 0 Å². The van der Waals surface area contributed by atoms with E-state index in [9.17, 15) is 9.59 Å². The van der Waals surface area contributed by atoms with Crippen LogP contribution in [-0.4, -0.2) is 82.6 Å². The number of halogens is 4. The van der Waals surface area contributed by atoms with Gasteiger partial charge >= 0.3 is 5.97 Å². The fraction of sp³-hybridized carbons (Fsp3) is 0.190. The van der Waals surface area contributed by atoms with E-state index in [0.717, 1.165) is 11.1 Å². The van der Waals surface area contributed by atoms with E-state index in [2.05, 4.69) is 63.2 Å². The molecule has 3 N–H and O–H groups in total. The maximum Gasteiger partial charge on any atom is 0.369 e. The first-order valence-corrected chi connectivity index (χ1v) is 25.6. The lowest BCUT2D eigenvalue weighted by molar-refractivity contribution is 0.0524. The molecular formula is C42H43AlCl4N12O3S2. The van der Waals surface area contributed by atoms with Crippen LogP contribution in [0.4, 0.5) is 11.4 Å². The largest absolute Gasteiger partial charge is 0.461 e. The van der Waals surface area contributed by atoms with Gasteiger partial charge in [0, 0.05) is 56.0 Å². The van der Waals surface area contributed by atoms with Crippen molar-refractivity contribution < 1.29 is 14.3 Å². The van der Waals surface area contributed by atoms with Crippen LogP contribution in [-0.2, 0) is 17.8 Å². The Balaban J connectivity index is 0.000000213. The van der Waals surface area contributed by atoms with Gasteiger partial charge in [0.1, 0.15) is 11.4 Å². The number of esters is 1. The van der Waals surface area contributed by atoms with Gasteiger partial charge in [0.05, 0.1) is 43.5 Å². The number of nitrogens with one attached hydrogen (secondary N) is 1. The van der Waals surface area contributed by atoms with E-state index in [4.69, 9.17) is 56.9 Å². The summed E-state index contributed by atoms with van der Waals surface area (Å²) in [7, 11) is 0.